The third-order valence-corrected chi connectivity index (χ3v) is 6.60. The first-order valence-corrected chi connectivity index (χ1v) is 12.0. The molecule has 0 bridgehead atoms. The van der Waals surface area contributed by atoms with Crippen LogP contribution in [0.1, 0.15) is 24.1 Å². The number of halogens is 1. The Kier molecular flexibility index (Phi) is 6.33. The van der Waals surface area contributed by atoms with Gasteiger partial charge >= 0.3 is 0 Å². The summed E-state index contributed by atoms with van der Waals surface area (Å²) >= 11 is 6.22. The van der Waals surface area contributed by atoms with Crippen molar-refractivity contribution in [2.24, 2.45) is 0 Å². The van der Waals surface area contributed by atoms with E-state index in [1.54, 1.807) is 66.7 Å². The Hall–Kier alpha value is -3.97. The zero-order valence-corrected chi connectivity index (χ0v) is 20.7. The molecule has 2 aliphatic heterocycles. The van der Waals surface area contributed by atoms with Gasteiger partial charge in [0.15, 0.2) is 0 Å². The van der Waals surface area contributed by atoms with Gasteiger partial charge in [0.05, 0.1) is 30.5 Å². The molecule has 1 atom stereocenters. The Bertz CT molecular complexity index is 1370. The molecule has 3 aromatic rings. The lowest BCUT2D eigenvalue weighted by Crippen LogP contribution is -2.29. The normalized spacial score (nSPS) is 18.7. The van der Waals surface area contributed by atoms with Crippen molar-refractivity contribution in [2.45, 2.75) is 13.0 Å². The van der Waals surface area contributed by atoms with Crippen molar-refractivity contribution in [2.75, 3.05) is 36.6 Å². The highest BCUT2D eigenvalue weighted by atomic mass is 35.5. The van der Waals surface area contributed by atoms with E-state index in [1.807, 2.05) is 18.9 Å². The van der Waals surface area contributed by atoms with E-state index in [2.05, 4.69) is 0 Å². The number of carbonyl (C=O) groups excluding carboxylic acids is 2. The molecule has 184 valence electrons. The van der Waals surface area contributed by atoms with Gasteiger partial charge in [-0.1, -0.05) is 29.8 Å². The van der Waals surface area contributed by atoms with Crippen LogP contribution in [0.3, 0.4) is 0 Å². The first-order valence-electron chi connectivity index (χ1n) is 11.7. The van der Waals surface area contributed by atoms with E-state index in [9.17, 15) is 14.7 Å². The van der Waals surface area contributed by atoms with Crippen molar-refractivity contribution in [3.63, 3.8) is 0 Å². The Morgan fingerprint density at radius 3 is 2.61 bits per heavy atom. The average Bonchev–Trinajstić information content (AvgIpc) is 3.14. The fraction of sp³-hybridized carbons (Fsp3) is 0.214. The first-order chi connectivity index (χ1) is 17.4. The lowest BCUT2D eigenvalue weighted by molar-refractivity contribution is -0.132. The number of anilines is 2. The summed E-state index contributed by atoms with van der Waals surface area (Å²) in [6, 6.07) is 18.3. The molecule has 36 heavy (non-hydrogen) atoms. The molecule has 0 saturated carbocycles. The van der Waals surface area contributed by atoms with E-state index in [0.717, 1.165) is 5.69 Å². The van der Waals surface area contributed by atoms with Crippen LogP contribution in [0.5, 0.6) is 11.5 Å². The number of ketones is 1. The topological polar surface area (TPSA) is 79.3 Å². The van der Waals surface area contributed by atoms with E-state index in [0.29, 0.717) is 53.1 Å². The standard InChI is InChI=1S/C28H25ClN2O5/c1-3-35-21-10-7-17(8-11-21)25-24(27(33)28(34)31(25)20-6-4-5-19(29)16-20)26(32)18-9-12-23-22(15-18)30(2)13-14-36-23/h4-12,15-16,25,32H,3,13-14H2,1-2H3/b26-24-. The van der Waals surface area contributed by atoms with Crippen LogP contribution in [0.15, 0.2) is 72.3 Å². The second-order valence-electron chi connectivity index (χ2n) is 8.60. The van der Waals surface area contributed by atoms with Crippen molar-refractivity contribution in [3.8, 4) is 11.5 Å². The molecule has 0 aromatic heterocycles. The number of benzene rings is 3. The summed E-state index contributed by atoms with van der Waals surface area (Å²) in [6.45, 7) is 3.67. The number of fused-ring (bicyclic) bond motifs is 1. The van der Waals surface area contributed by atoms with Crippen LogP contribution >= 0.6 is 11.6 Å². The lowest BCUT2D eigenvalue weighted by atomic mass is 9.94. The monoisotopic (exact) mass is 504 g/mol. The van der Waals surface area contributed by atoms with Gasteiger partial charge in [-0.05, 0) is 61.0 Å². The zero-order valence-electron chi connectivity index (χ0n) is 19.9. The van der Waals surface area contributed by atoms with E-state index >= 15 is 0 Å². The highest BCUT2D eigenvalue weighted by Gasteiger charge is 2.47. The molecule has 5 rings (SSSR count). The van der Waals surface area contributed by atoms with Crippen LogP contribution in [0.2, 0.25) is 5.02 Å². The highest BCUT2D eigenvalue weighted by molar-refractivity contribution is 6.51. The van der Waals surface area contributed by atoms with Crippen LogP contribution in [-0.2, 0) is 9.59 Å². The molecule has 8 heteroatoms. The quantitative estimate of drug-likeness (QED) is 0.292. The lowest BCUT2D eigenvalue weighted by Gasteiger charge is -2.28. The summed E-state index contributed by atoms with van der Waals surface area (Å²) in [5.41, 5.74) is 2.33. The van der Waals surface area contributed by atoms with Crippen molar-refractivity contribution in [1.29, 1.82) is 0 Å². The molecule has 0 spiro atoms. The number of ether oxygens (including phenoxy) is 2. The minimum absolute atomic E-state index is 0.00321. The number of aliphatic hydroxyl groups is 1. The molecule has 0 radical (unpaired) electrons. The number of nitrogens with zero attached hydrogens (tertiary/aromatic N) is 2. The van der Waals surface area contributed by atoms with E-state index in [1.165, 1.54) is 4.90 Å². The summed E-state index contributed by atoms with van der Waals surface area (Å²) in [5.74, 6) is -0.398. The van der Waals surface area contributed by atoms with E-state index in [-0.39, 0.29) is 11.3 Å². The Morgan fingerprint density at radius 1 is 1.11 bits per heavy atom. The Labute approximate surface area is 214 Å². The summed E-state index contributed by atoms with van der Waals surface area (Å²) in [4.78, 5) is 30.1. The number of amides is 1. The number of rotatable bonds is 5. The number of hydrogen-bond acceptors (Lipinski definition) is 6. The molecule has 1 saturated heterocycles. The number of aliphatic hydroxyl groups excluding tert-OH is 1. The van der Waals surface area contributed by atoms with Gasteiger partial charge in [0.2, 0.25) is 0 Å². The second kappa shape index (κ2) is 9.59. The van der Waals surface area contributed by atoms with Crippen LogP contribution in [0, 0.1) is 0 Å². The van der Waals surface area contributed by atoms with Crippen LogP contribution < -0.4 is 19.3 Å². The van der Waals surface area contributed by atoms with Gasteiger partial charge in [-0.2, -0.15) is 0 Å². The fourth-order valence-electron chi connectivity index (χ4n) is 4.61. The smallest absolute Gasteiger partial charge is 0.300 e. The molecule has 2 heterocycles. The first kappa shape index (κ1) is 23.8. The summed E-state index contributed by atoms with van der Waals surface area (Å²) in [6.07, 6.45) is 0. The number of carbonyl (C=O) groups is 2. The third kappa shape index (κ3) is 4.16. The molecule has 3 aromatic carbocycles. The average molecular weight is 505 g/mol. The van der Waals surface area contributed by atoms with Crippen molar-refractivity contribution in [3.05, 3.63) is 88.5 Å². The van der Waals surface area contributed by atoms with Crippen LogP contribution in [-0.4, -0.2) is 43.6 Å². The molecule has 7 nitrogen and oxygen atoms in total. The van der Waals surface area contributed by atoms with E-state index < -0.39 is 17.7 Å². The van der Waals surface area contributed by atoms with Crippen LogP contribution in [0.4, 0.5) is 11.4 Å². The van der Waals surface area contributed by atoms with Crippen LogP contribution in [0.25, 0.3) is 5.76 Å². The maximum Gasteiger partial charge on any atom is 0.300 e. The highest BCUT2D eigenvalue weighted by Crippen LogP contribution is 2.44. The number of likely N-dealkylation sites (N-methyl/N-ethyl adjacent to an activating group) is 1. The molecule has 0 aliphatic carbocycles. The maximum atomic E-state index is 13.4. The van der Waals surface area contributed by atoms with Gasteiger partial charge in [0, 0.05) is 23.3 Å². The Balaban J connectivity index is 1.68. The number of hydrogen-bond donors (Lipinski definition) is 1. The van der Waals surface area contributed by atoms with Gasteiger partial charge in [0.1, 0.15) is 23.9 Å². The second-order valence-corrected chi connectivity index (χ2v) is 9.04. The van der Waals surface area contributed by atoms with Gasteiger partial charge < -0.3 is 19.5 Å². The molecule has 1 fully saturated rings. The molecular weight excluding hydrogens is 480 g/mol. The largest absolute Gasteiger partial charge is 0.507 e. The molecule has 2 aliphatic rings. The predicted molar refractivity (Wildman–Crippen MR) is 139 cm³/mol. The molecule has 1 amide bonds. The Morgan fingerprint density at radius 2 is 1.89 bits per heavy atom. The summed E-state index contributed by atoms with van der Waals surface area (Å²) in [7, 11) is 1.93. The van der Waals surface area contributed by atoms with Gasteiger partial charge in [-0.3, -0.25) is 14.5 Å². The number of Topliss-reactive ketones (excluding diaryl/α,β-unsaturated/α-hetero) is 1. The third-order valence-electron chi connectivity index (χ3n) is 6.37. The summed E-state index contributed by atoms with van der Waals surface area (Å²) < 4.78 is 11.3. The minimum Gasteiger partial charge on any atom is -0.507 e. The predicted octanol–water partition coefficient (Wildman–Crippen LogP) is 5.19. The molecule has 1 N–H and O–H groups in total. The van der Waals surface area contributed by atoms with Gasteiger partial charge in [0.25, 0.3) is 11.7 Å². The van der Waals surface area contributed by atoms with Gasteiger partial charge in [-0.25, -0.2) is 0 Å². The zero-order chi connectivity index (χ0) is 25.4. The minimum atomic E-state index is -0.857. The molecular formula is C28H25ClN2O5. The van der Waals surface area contributed by atoms with E-state index in [4.69, 9.17) is 21.1 Å². The van der Waals surface area contributed by atoms with Crippen molar-refractivity contribution < 1.29 is 24.2 Å². The SMILES string of the molecule is CCOc1ccc(C2/C(=C(/O)c3ccc4c(c3)N(C)CCO4)C(=O)C(=O)N2c2cccc(Cl)c2)cc1. The van der Waals surface area contributed by atoms with Gasteiger partial charge in [-0.15, -0.1) is 0 Å². The fourth-order valence-corrected chi connectivity index (χ4v) is 4.79. The maximum absolute atomic E-state index is 13.4. The summed E-state index contributed by atoms with van der Waals surface area (Å²) in [5, 5.41) is 11.9. The molecule has 1 unspecified atom stereocenters. The van der Waals surface area contributed by atoms with Crippen molar-refractivity contribution >= 4 is 40.4 Å². The van der Waals surface area contributed by atoms with Crippen molar-refractivity contribution in [1.82, 2.24) is 0 Å².